The lowest BCUT2D eigenvalue weighted by molar-refractivity contribution is -0.0363. The molecule has 1 atom stereocenters. The lowest BCUT2D eigenvalue weighted by atomic mass is 10.1. The van der Waals surface area contributed by atoms with Crippen molar-refractivity contribution in [3.63, 3.8) is 0 Å². The zero-order valence-corrected chi connectivity index (χ0v) is 25.6. The van der Waals surface area contributed by atoms with Gasteiger partial charge >= 0.3 is 0 Å². The Balaban J connectivity index is 1.53. The van der Waals surface area contributed by atoms with E-state index in [0.29, 0.717) is 35.7 Å². The van der Waals surface area contributed by atoms with Crippen molar-refractivity contribution in [3.8, 4) is 11.1 Å². The summed E-state index contributed by atoms with van der Waals surface area (Å²) in [5.41, 5.74) is 4.20. The minimum Gasteiger partial charge on any atom is -0.361 e. The number of fused-ring (bicyclic) bond motifs is 1. The van der Waals surface area contributed by atoms with Gasteiger partial charge in [0, 0.05) is 31.2 Å². The normalized spacial score (nSPS) is 15.4. The average Bonchev–Trinajstić information content (AvgIpc) is 3.57. The van der Waals surface area contributed by atoms with Crippen molar-refractivity contribution < 1.29 is 21.9 Å². The molecule has 0 aliphatic carbocycles. The van der Waals surface area contributed by atoms with Crippen molar-refractivity contribution in [1.82, 2.24) is 29.3 Å². The second-order valence-electron chi connectivity index (χ2n) is 10.9. The number of ether oxygens (including phenoxy) is 1. The summed E-state index contributed by atoms with van der Waals surface area (Å²) < 4.78 is 64.0. The molecule has 14 heteroatoms. The summed E-state index contributed by atoms with van der Waals surface area (Å²) >= 11 is 0. The number of hydrogen-bond donors (Lipinski definition) is 1. The highest BCUT2D eigenvalue weighted by atomic mass is 32.2. The predicted octanol–water partition coefficient (Wildman–Crippen LogP) is 6.46. The van der Waals surface area contributed by atoms with E-state index in [0.717, 1.165) is 30.4 Å². The number of rotatable bonds is 8. The molecule has 11 nitrogen and oxygen atoms in total. The van der Waals surface area contributed by atoms with Crippen molar-refractivity contribution >= 4 is 38.2 Å². The number of halogens is 2. The van der Waals surface area contributed by atoms with Crippen molar-refractivity contribution in [1.29, 1.82) is 0 Å². The van der Waals surface area contributed by atoms with Crippen LogP contribution in [0.3, 0.4) is 0 Å². The van der Waals surface area contributed by atoms with E-state index < -0.39 is 28.3 Å². The molecule has 5 heterocycles. The van der Waals surface area contributed by atoms with E-state index in [4.69, 9.17) is 16.3 Å². The van der Waals surface area contributed by atoms with Gasteiger partial charge in [0.15, 0.2) is 21.3 Å². The van der Waals surface area contributed by atoms with E-state index in [1.807, 2.05) is 6.92 Å². The summed E-state index contributed by atoms with van der Waals surface area (Å²) in [5, 5.41) is 7.45. The number of alkyl halides is 2. The van der Waals surface area contributed by atoms with Gasteiger partial charge in [-0.3, -0.25) is 9.25 Å². The first-order chi connectivity index (χ1) is 21.5. The van der Waals surface area contributed by atoms with Gasteiger partial charge in [-0.2, -0.15) is 5.10 Å². The van der Waals surface area contributed by atoms with Crippen molar-refractivity contribution in [2.24, 2.45) is 7.05 Å². The zero-order chi connectivity index (χ0) is 31.9. The number of benzene rings is 1. The summed E-state index contributed by atoms with van der Waals surface area (Å²) in [6, 6.07) is 11.7. The number of imidazole rings is 1. The Bertz CT molecular complexity index is 2060. The highest BCUT2D eigenvalue weighted by Gasteiger charge is 2.29. The molecule has 5 aromatic rings. The Morgan fingerprint density at radius 1 is 1.11 bits per heavy atom. The molecule has 1 aliphatic rings. The van der Waals surface area contributed by atoms with Gasteiger partial charge in [0.1, 0.15) is 17.4 Å². The minimum atomic E-state index is -3.75. The third-order valence-corrected chi connectivity index (χ3v) is 8.97. The number of nitrogens with one attached hydrogen (secondary N) is 1. The lowest BCUT2D eigenvalue weighted by Gasteiger charge is -2.25. The quantitative estimate of drug-likeness (QED) is 0.194. The van der Waals surface area contributed by atoms with E-state index >= 15 is 0 Å². The van der Waals surface area contributed by atoms with Gasteiger partial charge in [-0.25, -0.2) is 27.2 Å². The van der Waals surface area contributed by atoms with Crippen molar-refractivity contribution in [2.45, 2.75) is 50.2 Å². The van der Waals surface area contributed by atoms with Crippen LogP contribution in [0.25, 0.3) is 27.1 Å². The lowest BCUT2D eigenvalue weighted by Crippen LogP contribution is -2.20. The van der Waals surface area contributed by atoms with Gasteiger partial charge in [0.05, 0.1) is 34.6 Å². The number of aryl methyl sites for hydroxylation is 1. The van der Waals surface area contributed by atoms with Crippen LogP contribution >= 0.6 is 0 Å². The topological polar surface area (TPSA) is 121 Å². The summed E-state index contributed by atoms with van der Waals surface area (Å²) in [6.07, 6.45) is 1.52. The molecule has 0 spiro atoms. The SMILES string of the molecule is [C-]#[N+]c1cccc(Cc2cc(Nc3ccc(-c4cnn(C)c4C)cc3S(C)(=O)=O)c3nc(C(F)F)n(C4CCCCO4)c3n2)n1. The van der Waals surface area contributed by atoms with E-state index in [1.165, 1.54) is 4.57 Å². The number of pyridine rings is 2. The van der Waals surface area contributed by atoms with Crippen LogP contribution in [0.4, 0.5) is 26.0 Å². The molecule has 1 unspecified atom stereocenters. The van der Waals surface area contributed by atoms with Gasteiger partial charge in [-0.1, -0.05) is 18.7 Å². The maximum Gasteiger partial charge on any atom is 0.295 e. The monoisotopic (exact) mass is 632 g/mol. The van der Waals surface area contributed by atoms with E-state index in [-0.39, 0.29) is 34.0 Å². The molecule has 0 radical (unpaired) electrons. The average molecular weight is 633 g/mol. The number of nitrogens with zero attached hydrogens (tertiary/aromatic N) is 7. The van der Waals surface area contributed by atoms with Crippen LogP contribution in [-0.2, 0) is 28.0 Å². The van der Waals surface area contributed by atoms with Crippen LogP contribution in [0.1, 0.15) is 54.8 Å². The maximum absolute atomic E-state index is 14.5. The standard InChI is InChI=1S/C31H30F2N8O3S/c1-18-22(17-35-40(18)3)19-11-12-23(25(14-19)45(4,42)43)38-24-16-21(15-20-8-7-9-26(34-2)36-20)37-30-28(24)39-31(29(32)33)41(30)27-10-5-6-13-44-27/h7-9,11-12,14,16-17,27,29H,5-6,10,13,15H2,1,3-4H3,(H,37,38). The number of sulfone groups is 1. The first-order valence-electron chi connectivity index (χ1n) is 14.3. The second-order valence-corrected chi connectivity index (χ2v) is 12.9. The largest absolute Gasteiger partial charge is 0.361 e. The molecule has 4 aromatic heterocycles. The fourth-order valence-electron chi connectivity index (χ4n) is 5.52. The minimum absolute atomic E-state index is 0.0188. The molecule has 232 valence electrons. The Labute approximate surface area is 258 Å². The first kappa shape index (κ1) is 30.3. The smallest absolute Gasteiger partial charge is 0.295 e. The Kier molecular flexibility index (Phi) is 8.07. The van der Waals surface area contributed by atoms with Gasteiger partial charge < -0.3 is 14.9 Å². The van der Waals surface area contributed by atoms with Crippen LogP contribution < -0.4 is 5.32 Å². The molecule has 1 saturated heterocycles. The molecular formula is C31H30F2N8O3S. The van der Waals surface area contributed by atoms with E-state index in [9.17, 15) is 17.2 Å². The van der Waals surface area contributed by atoms with Gasteiger partial charge in [-0.15, -0.1) is 4.98 Å². The molecule has 0 bridgehead atoms. The molecule has 1 N–H and O–H groups in total. The van der Waals surface area contributed by atoms with Gasteiger partial charge in [0.25, 0.3) is 12.2 Å². The molecule has 1 fully saturated rings. The van der Waals surface area contributed by atoms with Gasteiger partial charge in [0.2, 0.25) is 0 Å². The molecule has 6 rings (SSSR count). The second kappa shape index (κ2) is 12.0. The summed E-state index contributed by atoms with van der Waals surface area (Å²) in [4.78, 5) is 16.8. The molecule has 1 aromatic carbocycles. The third-order valence-electron chi connectivity index (χ3n) is 7.83. The Hall–Kier alpha value is -4.74. The number of hydrogen-bond acceptors (Lipinski definition) is 8. The van der Waals surface area contributed by atoms with E-state index in [2.05, 4.69) is 25.2 Å². The third kappa shape index (κ3) is 6.01. The number of aromatic nitrogens is 6. The maximum atomic E-state index is 14.5. The summed E-state index contributed by atoms with van der Waals surface area (Å²) in [7, 11) is -1.95. The predicted molar refractivity (Wildman–Crippen MR) is 164 cm³/mol. The van der Waals surface area contributed by atoms with Crippen LogP contribution in [0.5, 0.6) is 0 Å². The fourth-order valence-corrected chi connectivity index (χ4v) is 6.38. The highest BCUT2D eigenvalue weighted by Crippen LogP contribution is 2.38. The molecular weight excluding hydrogens is 602 g/mol. The molecule has 0 saturated carbocycles. The zero-order valence-electron chi connectivity index (χ0n) is 24.8. The Morgan fingerprint density at radius 2 is 1.93 bits per heavy atom. The summed E-state index contributed by atoms with van der Waals surface area (Å²) in [6.45, 7) is 9.62. The van der Waals surface area contributed by atoms with Crippen LogP contribution in [0.15, 0.2) is 53.6 Å². The number of anilines is 2. The van der Waals surface area contributed by atoms with Crippen LogP contribution in [-0.4, -0.2) is 50.6 Å². The molecule has 0 amide bonds. The first-order valence-corrected chi connectivity index (χ1v) is 16.2. The summed E-state index contributed by atoms with van der Waals surface area (Å²) in [5.74, 6) is -0.266. The van der Waals surface area contributed by atoms with Gasteiger partial charge in [-0.05, 0) is 62.1 Å². The molecule has 1 aliphatic heterocycles. The van der Waals surface area contributed by atoms with Crippen LogP contribution in [0, 0.1) is 13.5 Å². The van der Waals surface area contributed by atoms with Crippen LogP contribution in [0.2, 0.25) is 0 Å². The Morgan fingerprint density at radius 3 is 2.60 bits per heavy atom. The fraction of sp³-hybridized carbons (Fsp3) is 0.323. The molecule has 45 heavy (non-hydrogen) atoms. The van der Waals surface area contributed by atoms with Crippen molar-refractivity contribution in [3.05, 3.63) is 83.0 Å². The highest BCUT2D eigenvalue weighted by molar-refractivity contribution is 7.90. The van der Waals surface area contributed by atoms with E-state index in [1.54, 1.807) is 60.4 Å². The van der Waals surface area contributed by atoms with Crippen molar-refractivity contribution in [2.75, 3.05) is 18.2 Å².